The van der Waals surface area contributed by atoms with Crippen LogP contribution in [-0.2, 0) is 0 Å². The molecule has 0 aromatic rings. The summed E-state index contributed by atoms with van der Waals surface area (Å²) < 4.78 is 0. The molecule has 4 atom stereocenters. The molecule has 0 amide bonds. The average molecular weight is 280 g/mol. The number of rotatable bonds is 4. The fourth-order valence-electron chi connectivity index (χ4n) is 4.72. The van der Waals surface area contributed by atoms with Crippen LogP contribution in [-0.4, -0.2) is 36.6 Å². The number of nitrogens with one attached hydrogen (secondary N) is 1. The SMILES string of the molecule is CNC(C1CCC(C)C(C)C1)C(C)(C)N1CCCCC1. The molecular formula is C18H36N2. The molecule has 2 heteroatoms. The van der Waals surface area contributed by atoms with Crippen molar-refractivity contribution in [3.05, 3.63) is 0 Å². The highest BCUT2D eigenvalue weighted by atomic mass is 15.2. The summed E-state index contributed by atoms with van der Waals surface area (Å²) in [6, 6.07) is 0.635. The fraction of sp³-hybridized carbons (Fsp3) is 1.00. The number of nitrogens with zero attached hydrogens (tertiary/aromatic N) is 1. The van der Waals surface area contributed by atoms with Crippen LogP contribution in [0, 0.1) is 17.8 Å². The van der Waals surface area contributed by atoms with Crippen LogP contribution in [0.4, 0.5) is 0 Å². The van der Waals surface area contributed by atoms with E-state index in [4.69, 9.17) is 0 Å². The topological polar surface area (TPSA) is 15.3 Å². The summed E-state index contributed by atoms with van der Waals surface area (Å²) in [4.78, 5) is 2.75. The van der Waals surface area contributed by atoms with E-state index in [1.165, 1.54) is 51.6 Å². The molecular weight excluding hydrogens is 244 g/mol. The van der Waals surface area contributed by atoms with Crippen molar-refractivity contribution in [2.24, 2.45) is 17.8 Å². The number of hydrogen-bond acceptors (Lipinski definition) is 2. The van der Waals surface area contributed by atoms with E-state index in [1.54, 1.807) is 0 Å². The molecule has 0 bridgehead atoms. The second kappa shape index (κ2) is 6.79. The standard InChI is InChI=1S/C18H36N2/c1-14-9-10-16(13-15(14)2)17(19-5)18(3,4)20-11-7-6-8-12-20/h14-17,19H,6-13H2,1-5H3. The Morgan fingerprint density at radius 3 is 2.20 bits per heavy atom. The molecule has 2 fully saturated rings. The van der Waals surface area contributed by atoms with E-state index in [9.17, 15) is 0 Å². The summed E-state index contributed by atoms with van der Waals surface area (Å²) in [7, 11) is 2.18. The molecule has 20 heavy (non-hydrogen) atoms. The zero-order chi connectivity index (χ0) is 14.8. The minimum Gasteiger partial charge on any atom is -0.315 e. The van der Waals surface area contributed by atoms with Crippen LogP contribution in [0.15, 0.2) is 0 Å². The molecule has 2 rings (SSSR count). The maximum atomic E-state index is 3.70. The number of hydrogen-bond donors (Lipinski definition) is 1. The highest BCUT2D eigenvalue weighted by Crippen LogP contribution is 2.39. The molecule has 2 aliphatic rings. The van der Waals surface area contributed by atoms with Gasteiger partial charge in [-0.25, -0.2) is 0 Å². The van der Waals surface area contributed by atoms with Crippen LogP contribution in [0.2, 0.25) is 0 Å². The third-order valence-electron chi connectivity index (χ3n) is 6.35. The van der Waals surface area contributed by atoms with Gasteiger partial charge in [-0.1, -0.05) is 26.7 Å². The lowest BCUT2D eigenvalue weighted by Gasteiger charge is -2.50. The lowest BCUT2D eigenvalue weighted by Crippen LogP contribution is -2.61. The second-order valence-corrected chi connectivity index (χ2v) is 8.00. The first kappa shape index (κ1) is 16.3. The van der Waals surface area contributed by atoms with Gasteiger partial charge in [-0.05, 0) is 77.4 Å². The first-order valence-corrected chi connectivity index (χ1v) is 8.89. The summed E-state index contributed by atoms with van der Waals surface area (Å²) in [5.74, 6) is 2.66. The van der Waals surface area contributed by atoms with Gasteiger partial charge < -0.3 is 5.32 Å². The van der Waals surface area contributed by atoms with Gasteiger partial charge in [0, 0.05) is 11.6 Å². The lowest BCUT2D eigenvalue weighted by atomic mass is 9.69. The summed E-state index contributed by atoms with van der Waals surface area (Å²) in [6.07, 6.45) is 8.43. The van der Waals surface area contributed by atoms with Gasteiger partial charge in [0.05, 0.1) is 0 Å². The Morgan fingerprint density at radius 1 is 1.00 bits per heavy atom. The van der Waals surface area contributed by atoms with Gasteiger partial charge in [0.1, 0.15) is 0 Å². The molecule has 1 aliphatic carbocycles. The molecule has 118 valence electrons. The van der Waals surface area contributed by atoms with Gasteiger partial charge in [-0.3, -0.25) is 4.90 Å². The predicted octanol–water partition coefficient (Wildman–Crippen LogP) is 3.91. The van der Waals surface area contributed by atoms with Crippen LogP contribution in [0.3, 0.4) is 0 Å². The summed E-state index contributed by atoms with van der Waals surface area (Å²) in [5, 5.41) is 3.70. The van der Waals surface area contributed by atoms with Crippen molar-refractivity contribution in [3.63, 3.8) is 0 Å². The third kappa shape index (κ3) is 3.39. The van der Waals surface area contributed by atoms with E-state index in [-0.39, 0.29) is 0 Å². The van der Waals surface area contributed by atoms with Gasteiger partial charge in [-0.15, -0.1) is 0 Å². The highest BCUT2D eigenvalue weighted by Gasteiger charge is 2.41. The minimum atomic E-state index is 0.292. The monoisotopic (exact) mass is 280 g/mol. The van der Waals surface area contributed by atoms with Gasteiger partial charge in [-0.2, -0.15) is 0 Å². The molecule has 1 heterocycles. The molecule has 0 spiro atoms. The minimum absolute atomic E-state index is 0.292. The van der Waals surface area contributed by atoms with Crippen LogP contribution < -0.4 is 5.32 Å². The first-order chi connectivity index (χ1) is 9.46. The largest absolute Gasteiger partial charge is 0.315 e. The number of likely N-dealkylation sites (tertiary alicyclic amines) is 1. The Hall–Kier alpha value is -0.0800. The molecule has 1 N–H and O–H groups in total. The van der Waals surface area contributed by atoms with E-state index in [0.717, 1.165) is 17.8 Å². The van der Waals surface area contributed by atoms with Crippen LogP contribution >= 0.6 is 0 Å². The van der Waals surface area contributed by atoms with Crippen LogP contribution in [0.1, 0.15) is 66.2 Å². The van der Waals surface area contributed by atoms with Crippen molar-refractivity contribution in [2.75, 3.05) is 20.1 Å². The smallest absolute Gasteiger partial charge is 0.0308 e. The molecule has 4 unspecified atom stereocenters. The Bertz CT molecular complexity index is 294. The summed E-state index contributed by atoms with van der Waals surface area (Å²) in [5.41, 5.74) is 0.292. The Morgan fingerprint density at radius 2 is 1.65 bits per heavy atom. The Balaban J connectivity index is 2.05. The highest BCUT2D eigenvalue weighted by molar-refractivity contribution is 4.99. The van der Waals surface area contributed by atoms with Crippen LogP contribution in [0.5, 0.6) is 0 Å². The van der Waals surface area contributed by atoms with E-state index < -0.39 is 0 Å². The van der Waals surface area contributed by atoms with Crippen molar-refractivity contribution >= 4 is 0 Å². The van der Waals surface area contributed by atoms with Gasteiger partial charge >= 0.3 is 0 Å². The molecule has 1 saturated heterocycles. The van der Waals surface area contributed by atoms with E-state index in [2.05, 4.69) is 45.0 Å². The van der Waals surface area contributed by atoms with Gasteiger partial charge in [0.15, 0.2) is 0 Å². The molecule has 0 aromatic heterocycles. The molecule has 1 saturated carbocycles. The zero-order valence-electron chi connectivity index (χ0n) is 14.4. The normalized spacial score (nSPS) is 35.0. The lowest BCUT2D eigenvalue weighted by molar-refractivity contribution is 0.0251. The van der Waals surface area contributed by atoms with Crippen molar-refractivity contribution in [1.82, 2.24) is 10.2 Å². The molecule has 1 aliphatic heterocycles. The van der Waals surface area contributed by atoms with E-state index in [0.29, 0.717) is 11.6 Å². The van der Waals surface area contributed by atoms with Crippen molar-refractivity contribution in [1.29, 1.82) is 0 Å². The summed E-state index contributed by atoms with van der Waals surface area (Å²) >= 11 is 0. The average Bonchev–Trinajstić information content (AvgIpc) is 2.44. The van der Waals surface area contributed by atoms with Crippen molar-refractivity contribution < 1.29 is 0 Å². The molecule has 2 nitrogen and oxygen atoms in total. The van der Waals surface area contributed by atoms with Crippen molar-refractivity contribution in [3.8, 4) is 0 Å². The maximum Gasteiger partial charge on any atom is 0.0308 e. The van der Waals surface area contributed by atoms with Gasteiger partial charge in [0.2, 0.25) is 0 Å². The maximum absolute atomic E-state index is 3.70. The quantitative estimate of drug-likeness (QED) is 0.840. The van der Waals surface area contributed by atoms with Gasteiger partial charge in [0.25, 0.3) is 0 Å². The molecule has 0 radical (unpaired) electrons. The number of piperidine rings is 1. The van der Waals surface area contributed by atoms with E-state index >= 15 is 0 Å². The first-order valence-electron chi connectivity index (χ1n) is 8.89. The molecule has 0 aromatic carbocycles. The van der Waals surface area contributed by atoms with Crippen molar-refractivity contribution in [2.45, 2.75) is 77.8 Å². The fourth-order valence-corrected chi connectivity index (χ4v) is 4.72. The summed E-state index contributed by atoms with van der Waals surface area (Å²) in [6.45, 7) is 12.4. The Labute approximate surface area is 126 Å². The number of likely N-dealkylation sites (N-methyl/N-ethyl adjacent to an activating group) is 1. The van der Waals surface area contributed by atoms with E-state index in [1.807, 2.05) is 0 Å². The zero-order valence-corrected chi connectivity index (χ0v) is 14.4. The van der Waals surface area contributed by atoms with Crippen LogP contribution in [0.25, 0.3) is 0 Å². The predicted molar refractivity (Wildman–Crippen MR) is 88.0 cm³/mol. The Kier molecular flexibility index (Phi) is 5.53. The third-order valence-corrected chi connectivity index (χ3v) is 6.35. The second-order valence-electron chi connectivity index (χ2n) is 8.00.